The Morgan fingerprint density at radius 1 is 1.23 bits per heavy atom. The van der Waals surface area contributed by atoms with Gasteiger partial charge in [-0.25, -0.2) is 0 Å². The van der Waals surface area contributed by atoms with Crippen LogP contribution in [0.15, 0.2) is 27.6 Å². The van der Waals surface area contributed by atoms with Crippen LogP contribution in [0.4, 0.5) is 13.2 Å². The van der Waals surface area contributed by atoms with Gasteiger partial charge in [0.2, 0.25) is 5.82 Å². The molecule has 0 radical (unpaired) electrons. The van der Waals surface area contributed by atoms with Crippen LogP contribution < -0.4 is 5.56 Å². The maximum absolute atomic E-state index is 12.5. The summed E-state index contributed by atoms with van der Waals surface area (Å²) >= 11 is 0. The van der Waals surface area contributed by atoms with Gasteiger partial charge in [0.25, 0.3) is 5.56 Å². The number of halogens is 3. The zero-order valence-corrected chi connectivity index (χ0v) is 13.4. The minimum Gasteiger partial charge on any atom is -0.329 e. The molecule has 0 aromatic carbocycles. The summed E-state index contributed by atoms with van der Waals surface area (Å²) in [6.07, 6.45) is -0.304. The van der Waals surface area contributed by atoms with Crippen LogP contribution in [-0.2, 0) is 25.7 Å². The maximum atomic E-state index is 12.5. The van der Waals surface area contributed by atoms with Crippen LogP contribution in [0.2, 0.25) is 0 Å². The number of aromatic nitrogens is 6. The molecule has 0 spiro atoms. The summed E-state index contributed by atoms with van der Waals surface area (Å²) in [5.41, 5.74) is -0.261. The van der Waals surface area contributed by atoms with Gasteiger partial charge in [0.15, 0.2) is 5.82 Å². The summed E-state index contributed by atoms with van der Waals surface area (Å²) in [6, 6.07) is 2.62. The van der Waals surface area contributed by atoms with Crippen molar-refractivity contribution in [3.63, 3.8) is 0 Å². The Bertz CT molecular complexity index is 1000. The third-order valence-electron chi connectivity index (χ3n) is 4.17. The Hall–Kier alpha value is -2.98. The predicted octanol–water partition coefficient (Wildman–Crippen LogP) is 1.89. The highest BCUT2D eigenvalue weighted by Gasteiger charge is 2.38. The lowest BCUT2D eigenvalue weighted by Gasteiger charge is -2.15. The Balaban J connectivity index is 1.60. The number of fused-ring (bicyclic) bond motifs is 1. The van der Waals surface area contributed by atoms with E-state index in [0.29, 0.717) is 5.82 Å². The SMILES string of the molecule is O=c1cc(-c2noc(C(F)(F)F)n2)ccn1Cc1nnc2n1CCCC2. The molecule has 1 aliphatic rings. The molecule has 136 valence electrons. The number of aryl methyl sites for hydroxylation is 1. The molecule has 4 heterocycles. The van der Waals surface area contributed by atoms with Crippen molar-refractivity contribution in [2.24, 2.45) is 0 Å². The van der Waals surface area contributed by atoms with E-state index in [2.05, 4.69) is 24.9 Å². The number of nitrogens with zero attached hydrogens (tertiary/aromatic N) is 6. The van der Waals surface area contributed by atoms with Gasteiger partial charge in [0.05, 0.1) is 6.54 Å². The molecule has 3 aromatic rings. The molecule has 11 heteroatoms. The van der Waals surface area contributed by atoms with Gasteiger partial charge in [0, 0.05) is 30.8 Å². The molecular formula is C15H13F3N6O2. The Kier molecular flexibility index (Phi) is 3.85. The fraction of sp³-hybridized carbons (Fsp3) is 0.400. The van der Waals surface area contributed by atoms with E-state index in [0.717, 1.165) is 31.6 Å². The summed E-state index contributed by atoms with van der Waals surface area (Å²) in [6.45, 7) is 1.04. The van der Waals surface area contributed by atoms with Crippen molar-refractivity contribution in [3.05, 3.63) is 46.2 Å². The summed E-state index contributed by atoms with van der Waals surface area (Å²) < 4.78 is 45.2. The lowest BCUT2D eigenvalue weighted by Crippen LogP contribution is -2.22. The zero-order chi connectivity index (χ0) is 18.3. The highest BCUT2D eigenvalue weighted by molar-refractivity contribution is 5.52. The summed E-state index contributed by atoms with van der Waals surface area (Å²) in [7, 11) is 0. The highest BCUT2D eigenvalue weighted by Crippen LogP contribution is 2.29. The van der Waals surface area contributed by atoms with E-state index in [1.165, 1.54) is 22.9 Å². The molecule has 0 saturated carbocycles. The minimum atomic E-state index is -4.73. The first-order valence-electron chi connectivity index (χ1n) is 7.94. The maximum Gasteiger partial charge on any atom is 0.471 e. The Labute approximate surface area is 144 Å². The molecule has 0 atom stereocenters. The van der Waals surface area contributed by atoms with E-state index in [1.54, 1.807) is 0 Å². The molecule has 0 unspecified atom stereocenters. The van der Waals surface area contributed by atoms with E-state index in [-0.39, 0.29) is 17.9 Å². The number of hydrogen-bond donors (Lipinski definition) is 0. The van der Waals surface area contributed by atoms with Crippen LogP contribution in [0.25, 0.3) is 11.4 Å². The van der Waals surface area contributed by atoms with Gasteiger partial charge in [-0.1, -0.05) is 5.16 Å². The Morgan fingerprint density at radius 2 is 2.08 bits per heavy atom. The van der Waals surface area contributed by atoms with Gasteiger partial charge in [-0.2, -0.15) is 18.2 Å². The number of pyridine rings is 1. The Morgan fingerprint density at radius 3 is 2.81 bits per heavy atom. The van der Waals surface area contributed by atoms with Crippen molar-refractivity contribution in [1.82, 2.24) is 29.5 Å². The molecule has 8 nitrogen and oxygen atoms in total. The first-order chi connectivity index (χ1) is 12.4. The molecule has 1 aliphatic heterocycles. The normalized spacial score (nSPS) is 14.4. The lowest BCUT2D eigenvalue weighted by atomic mass is 10.2. The molecule has 0 N–H and O–H groups in total. The van der Waals surface area contributed by atoms with E-state index < -0.39 is 17.6 Å². The summed E-state index contributed by atoms with van der Waals surface area (Å²) in [5.74, 6) is -0.163. The molecule has 26 heavy (non-hydrogen) atoms. The van der Waals surface area contributed by atoms with Crippen molar-refractivity contribution in [2.75, 3.05) is 0 Å². The number of hydrogen-bond acceptors (Lipinski definition) is 6. The smallest absolute Gasteiger partial charge is 0.329 e. The van der Waals surface area contributed by atoms with Gasteiger partial charge in [-0.3, -0.25) is 4.79 Å². The minimum absolute atomic E-state index is 0.147. The topological polar surface area (TPSA) is 91.6 Å². The standard InChI is InChI=1S/C15H13F3N6O2/c16-15(17,18)14-19-13(22-26-14)9-4-6-23(12(25)7-9)8-11-21-20-10-3-1-2-5-24(10)11/h4,6-7H,1-3,5,8H2. The monoisotopic (exact) mass is 366 g/mol. The predicted molar refractivity (Wildman–Crippen MR) is 81.1 cm³/mol. The van der Waals surface area contributed by atoms with E-state index in [9.17, 15) is 18.0 Å². The van der Waals surface area contributed by atoms with Crippen molar-refractivity contribution >= 4 is 0 Å². The van der Waals surface area contributed by atoms with Crippen molar-refractivity contribution < 1.29 is 17.7 Å². The molecule has 4 rings (SSSR count). The quantitative estimate of drug-likeness (QED) is 0.703. The van der Waals surface area contributed by atoms with Crippen LogP contribution in [0, 0.1) is 0 Å². The van der Waals surface area contributed by atoms with Gasteiger partial charge in [-0.15, -0.1) is 10.2 Å². The van der Waals surface area contributed by atoms with Gasteiger partial charge in [0.1, 0.15) is 5.82 Å². The second kappa shape index (κ2) is 6.07. The molecule has 0 fully saturated rings. The second-order valence-electron chi connectivity index (χ2n) is 5.94. The van der Waals surface area contributed by atoms with E-state index in [1.807, 2.05) is 4.57 Å². The van der Waals surface area contributed by atoms with Crippen LogP contribution in [0.5, 0.6) is 0 Å². The fourth-order valence-corrected chi connectivity index (χ4v) is 2.87. The molecular weight excluding hydrogens is 353 g/mol. The average Bonchev–Trinajstić information content (AvgIpc) is 3.24. The van der Waals surface area contributed by atoms with Crippen LogP contribution in [0.1, 0.15) is 30.4 Å². The number of rotatable bonds is 3. The largest absolute Gasteiger partial charge is 0.471 e. The molecule has 0 aliphatic carbocycles. The van der Waals surface area contributed by atoms with E-state index >= 15 is 0 Å². The van der Waals surface area contributed by atoms with E-state index in [4.69, 9.17) is 0 Å². The lowest BCUT2D eigenvalue weighted by molar-refractivity contribution is -0.159. The van der Waals surface area contributed by atoms with Crippen LogP contribution in [-0.4, -0.2) is 29.5 Å². The van der Waals surface area contributed by atoms with Crippen LogP contribution in [0.3, 0.4) is 0 Å². The molecule has 0 amide bonds. The van der Waals surface area contributed by atoms with Gasteiger partial charge in [-0.05, 0) is 18.9 Å². The third-order valence-corrected chi connectivity index (χ3v) is 4.17. The summed E-state index contributed by atoms with van der Waals surface area (Å²) in [5, 5.41) is 11.5. The van der Waals surface area contributed by atoms with Crippen molar-refractivity contribution in [2.45, 2.75) is 38.5 Å². The van der Waals surface area contributed by atoms with Crippen molar-refractivity contribution in [3.8, 4) is 11.4 Å². The van der Waals surface area contributed by atoms with Gasteiger partial charge >= 0.3 is 12.1 Å². The fourth-order valence-electron chi connectivity index (χ4n) is 2.87. The zero-order valence-electron chi connectivity index (χ0n) is 13.4. The van der Waals surface area contributed by atoms with Gasteiger partial charge < -0.3 is 13.7 Å². The van der Waals surface area contributed by atoms with Crippen LogP contribution >= 0.6 is 0 Å². The third kappa shape index (κ3) is 3.00. The molecule has 0 saturated heterocycles. The first kappa shape index (κ1) is 16.5. The molecule has 3 aromatic heterocycles. The second-order valence-corrected chi connectivity index (χ2v) is 5.94. The van der Waals surface area contributed by atoms with Crippen molar-refractivity contribution in [1.29, 1.82) is 0 Å². The average molecular weight is 366 g/mol. The first-order valence-corrected chi connectivity index (χ1v) is 7.94. The number of alkyl halides is 3. The molecule has 0 bridgehead atoms. The highest BCUT2D eigenvalue weighted by atomic mass is 19.4. The summed E-state index contributed by atoms with van der Waals surface area (Å²) in [4.78, 5) is 15.6.